The van der Waals surface area contributed by atoms with Crippen LogP contribution in [-0.2, 0) is 4.74 Å². The Kier molecular flexibility index (Phi) is 4.04. The van der Waals surface area contributed by atoms with Gasteiger partial charge in [-0.25, -0.2) is 9.67 Å². The van der Waals surface area contributed by atoms with E-state index < -0.39 is 0 Å². The Labute approximate surface area is 141 Å². The molecule has 1 fully saturated rings. The summed E-state index contributed by atoms with van der Waals surface area (Å²) in [7, 11) is 0. The molecule has 2 aromatic heterocycles. The summed E-state index contributed by atoms with van der Waals surface area (Å²) in [4.78, 5) is 4.80. The Bertz CT molecular complexity index is 849. The largest absolute Gasteiger partial charge is 0.357 e. The van der Waals surface area contributed by atoms with Crippen LogP contribution in [0, 0.1) is 0 Å². The van der Waals surface area contributed by atoms with Crippen LogP contribution in [-0.4, -0.2) is 21.4 Å². The Morgan fingerprint density at radius 2 is 2.17 bits per heavy atom. The van der Waals surface area contributed by atoms with E-state index in [-0.39, 0.29) is 12.3 Å². The van der Waals surface area contributed by atoms with Gasteiger partial charge in [0, 0.05) is 29.8 Å². The summed E-state index contributed by atoms with van der Waals surface area (Å²) in [5.74, 6) is 0. The Morgan fingerprint density at radius 1 is 1.29 bits per heavy atom. The first-order valence-electron chi connectivity index (χ1n) is 8.54. The zero-order chi connectivity index (χ0) is 16.5. The highest BCUT2D eigenvalue weighted by Crippen LogP contribution is 2.29. The molecule has 2 N–H and O–H groups in total. The summed E-state index contributed by atoms with van der Waals surface area (Å²) in [5, 5.41) is 5.60. The molecule has 0 saturated carbocycles. The normalized spacial score (nSPS) is 19.5. The quantitative estimate of drug-likeness (QED) is 0.796. The number of ether oxygens (including phenoxy) is 1. The van der Waals surface area contributed by atoms with Crippen molar-refractivity contribution in [1.29, 1.82) is 0 Å². The first kappa shape index (κ1) is 15.3. The summed E-state index contributed by atoms with van der Waals surface area (Å²) in [6.45, 7) is 2.81. The van der Waals surface area contributed by atoms with E-state index >= 15 is 0 Å². The Morgan fingerprint density at radius 3 is 2.96 bits per heavy atom. The van der Waals surface area contributed by atoms with Crippen molar-refractivity contribution in [1.82, 2.24) is 14.8 Å². The maximum atomic E-state index is 6.18. The number of hydrogen-bond donors (Lipinski definition) is 1. The first-order chi connectivity index (χ1) is 11.7. The van der Waals surface area contributed by atoms with Crippen molar-refractivity contribution >= 4 is 10.9 Å². The number of rotatable bonds is 3. The van der Waals surface area contributed by atoms with Crippen molar-refractivity contribution in [3.63, 3.8) is 0 Å². The number of pyridine rings is 1. The molecule has 0 spiro atoms. The number of para-hydroxylation sites is 1. The number of aromatic nitrogens is 3. The van der Waals surface area contributed by atoms with Crippen LogP contribution in [0.2, 0.25) is 0 Å². The van der Waals surface area contributed by atoms with Crippen LogP contribution >= 0.6 is 0 Å². The van der Waals surface area contributed by atoms with Gasteiger partial charge in [-0.1, -0.05) is 18.2 Å². The molecule has 24 heavy (non-hydrogen) atoms. The number of hydrogen-bond acceptors (Lipinski definition) is 4. The van der Waals surface area contributed by atoms with E-state index in [0.717, 1.165) is 47.2 Å². The van der Waals surface area contributed by atoms with Gasteiger partial charge in [0.25, 0.3) is 0 Å². The standard InChI is InChI=1S/C19H22N4O/c1-13(20)16-10-18(22-17-7-3-2-6-15(16)17)14-11-21-23(12-14)19-8-4-5-9-24-19/h2-3,6-7,10-13,19H,4-5,8-9,20H2,1H3. The monoisotopic (exact) mass is 322 g/mol. The van der Waals surface area contributed by atoms with Crippen LogP contribution in [0.4, 0.5) is 0 Å². The van der Waals surface area contributed by atoms with Crippen LogP contribution < -0.4 is 5.73 Å². The fourth-order valence-electron chi connectivity index (χ4n) is 3.29. The molecule has 1 aliphatic rings. The molecular formula is C19H22N4O. The van der Waals surface area contributed by atoms with Gasteiger partial charge in [0.2, 0.25) is 0 Å². The molecule has 4 rings (SSSR count). The molecule has 2 atom stereocenters. The topological polar surface area (TPSA) is 66.0 Å². The van der Waals surface area contributed by atoms with Crippen molar-refractivity contribution in [2.75, 3.05) is 6.61 Å². The maximum Gasteiger partial charge on any atom is 0.150 e. The predicted octanol–water partition coefficient (Wildman–Crippen LogP) is 3.82. The second-order valence-corrected chi connectivity index (χ2v) is 6.43. The zero-order valence-corrected chi connectivity index (χ0v) is 13.9. The number of nitrogens with zero attached hydrogens (tertiary/aromatic N) is 3. The average Bonchev–Trinajstić information content (AvgIpc) is 3.11. The molecule has 5 nitrogen and oxygen atoms in total. The van der Waals surface area contributed by atoms with Crippen LogP contribution in [0.5, 0.6) is 0 Å². The van der Waals surface area contributed by atoms with Gasteiger partial charge in [-0.2, -0.15) is 5.10 Å². The van der Waals surface area contributed by atoms with Gasteiger partial charge in [-0.15, -0.1) is 0 Å². The molecule has 124 valence electrons. The Hall–Kier alpha value is -2.24. The second-order valence-electron chi connectivity index (χ2n) is 6.43. The van der Waals surface area contributed by atoms with Gasteiger partial charge in [-0.05, 0) is 43.9 Å². The van der Waals surface area contributed by atoms with Crippen molar-refractivity contribution < 1.29 is 4.74 Å². The molecule has 0 radical (unpaired) electrons. The zero-order valence-electron chi connectivity index (χ0n) is 13.9. The van der Waals surface area contributed by atoms with E-state index in [1.165, 1.54) is 6.42 Å². The molecule has 0 amide bonds. The van der Waals surface area contributed by atoms with Crippen LogP contribution in [0.15, 0.2) is 42.7 Å². The SMILES string of the molecule is CC(N)c1cc(-c2cnn(C3CCCCO3)c2)nc2ccccc12. The molecule has 0 bridgehead atoms. The van der Waals surface area contributed by atoms with Gasteiger partial charge in [0.1, 0.15) is 6.23 Å². The molecule has 1 aromatic carbocycles. The lowest BCUT2D eigenvalue weighted by atomic mass is 10.0. The van der Waals surface area contributed by atoms with Crippen molar-refractivity contribution in [2.45, 2.75) is 38.5 Å². The Balaban J connectivity index is 1.75. The molecule has 3 aromatic rings. The predicted molar refractivity (Wildman–Crippen MR) is 94.4 cm³/mol. The third-order valence-electron chi connectivity index (χ3n) is 4.59. The van der Waals surface area contributed by atoms with Crippen molar-refractivity contribution in [2.24, 2.45) is 5.73 Å². The lowest BCUT2D eigenvalue weighted by molar-refractivity contribution is -0.0394. The van der Waals surface area contributed by atoms with Crippen molar-refractivity contribution in [3.8, 4) is 11.3 Å². The minimum Gasteiger partial charge on any atom is -0.357 e. The number of fused-ring (bicyclic) bond motifs is 1. The van der Waals surface area contributed by atoms with Gasteiger partial charge in [-0.3, -0.25) is 0 Å². The molecular weight excluding hydrogens is 300 g/mol. The molecule has 0 aliphatic carbocycles. The molecule has 3 heterocycles. The second kappa shape index (κ2) is 6.34. The summed E-state index contributed by atoms with van der Waals surface area (Å²) < 4.78 is 7.72. The van der Waals surface area contributed by atoms with E-state index in [2.05, 4.69) is 17.2 Å². The van der Waals surface area contributed by atoms with Crippen LogP contribution in [0.25, 0.3) is 22.2 Å². The molecule has 2 unspecified atom stereocenters. The summed E-state index contributed by atoms with van der Waals surface area (Å²) in [6.07, 6.45) is 7.26. The van der Waals surface area contributed by atoms with Gasteiger partial charge < -0.3 is 10.5 Å². The first-order valence-corrected chi connectivity index (χ1v) is 8.54. The summed E-state index contributed by atoms with van der Waals surface area (Å²) >= 11 is 0. The lowest BCUT2D eigenvalue weighted by Crippen LogP contribution is -2.18. The fourth-order valence-corrected chi connectivity index (χ4v) is 3.29. The van der Waals surface area contributed by atoms with Gasteiger partial charge in [0.15, 0.2) is 0 Å². The fraction of sp³-hybridized carbons (Fsp3) is 0.368. The van der Waals surface area contributed by atoms with E-state index in [4.69, 9.17) is 15.5 Å². The lowest BCUT2D eigenvalue weighted by Gasteiger charge is -2.22. The molecule has 1 saturated heterocycles. The van der Waals surface area contributed by atoms with Crippen molar-refractivity contribution in [3.05, 3.63) is 48.3 Å². The van der Waals surface area contributed by atoms with Crippen LogP contribution in [0.3, 0.4) is 0 Å². The minimum atomic E-state index is -0.0478. The van der Waals surface area contributed by atoms with E-state index in [1.54, 1.807) is 0 Å². The third-order valence-corrected chi connectivity index (χ3v) is 4.59. The maximum absolute atomic E-state index is 6.18. The average molecular weight is 322 g/mol. The summed E-state index contributed by atoms with van der Waals surface area (Å²) in [5.41, 5.74) is 10.2. The summed E-state index contributed by atoms with van der Waals surface area (Å²) in [6, 6.07) is 10.2. The number of benzene rings is 1. The minimum absolute atomic E-state index is 0.0425. The van der Waals surface area contributed by atoms with Crippen LogP contribution in [0.1, 0.15) is 44.0 Å². The van der Waals surface area contributed by atoms with E-state index in [0.29, 0.717) is 0 Å². The molecule has 1 aliphatic heterocycles. The highest BCUT2D eigenvalue weighted by atomic mass is 16.5. The van der Waals surface area contributed by atoms with E-state index in [9.17, 15) is 0 Å². The highest BCUT2D eigenvalue weighted by Gasteiger charge is 2.18. The third kappa shape index (κ3) is 2.81. The number of nitrogens with two attached hydrogens (primary N) is 1. The van der Waals surface area contributed by atoms with Gasteiger partial charge >= 0.3 is 0 Å². The smallest absolute Gasteiger partial charge is 0.150 e. The molecule has 5 heteroatoms. The highest BCUT2D eigenvalue weighted by molar-refractivity contribution is 5.85. The van der Waals surface area contributed by atoms with E-state index in [1.807, 2.05) is 42.2 Å². The van der Waals surface area contributed by atoms with Gasteiger partial charge in [0.05, 0.1) is 17.4 Å².